The molecule has 4 nitrogen and oxygen atoms in total. The fourth-order valence-corrected chi connectivity index (χ4v) is 2.33. The summed E-state index contributed by atoms with van der Waals surface area (Å²) in [6, 6.07) is 17.4. The van der Waals surface area contributed by atoms with E-state index in [2.05, 4.69) is 0 Å². The minimum absolute atomic E-state index is 0.239. The van der Waals surface area contributed by atoms with Gasteiger partial charge in [-0.15, -0.1) is 0 Å². The van der Waals surface area contributed by atoms with Gasteiger partial charge in [0, 0.05) is 19.8 Å². The lowest BCUT2D eigenvalue weighted by Gasteiger charge is -2.12. The van der Waals surface area contributed by atoms with Crippen molar-refractivity contribution in [1.29, 1.82) is 0 Å². The summed E-state index contributed by atoms with van der Waals surface area (Å²) in [6.45, 7) is 3.25. The number of anilines is 1. The number of hydrogen-bond acceptors (Lipinski definition) is 4. The van der Waals surface area contributed by atoms with E-state index < -0.39 is 0 Å². The Morgan fingerprint density at radius 1 is 1.00 bits per heavy atom. The van der Waals surface area contributed by atoms with Crippen molar-refractivity contribution in [3.63, 3.8) is 0 Å². The summed E-state index contributed by atoms with van der Waals surface area (Å²) in [5.74, 6) is -0.323. The third-order valence-electron chi connectivity index (χ3n) is 3.92. The molecule has 0 aliphatic heterocycles. The smallest absolute Gasteiger partial charge is 0.338 e. The van der Waals surface area contributed by atoms with Crippen molar-refractivity contribution >= 4 is 17.7 Å². The van der Waals surface area contributed by atoms with E-state index in [1.807, 2.05) is 86.6 Å². The monoisotopic (exact) mass is 365 g/mol. The van der Waals surface area contributed by atoms with Gasteiger partial charge in [0.1, 0.15) is 6.61 Å². The highest BCUT2D eigenvalue weighted by Gasteiger charge is 2.06. The van der Waals surface area contributed by atoms with Gasteiger partial charge in [0.15, 0.2) is 0 Å². The molecule has 0 aliphatic rings. The van der Waals surface area contributed by atoms with Gasteiger partial charge in [0.25, 0.3) is 0 Å². The third kappa shape index (κ3) is 7.50. The van der Waals surface area contributed by atoms with E-state index in [4.69, 9.17) is 9.47 Å². The van der Waals surface area contributed by atoms with Crippen molar-refractivity contribution in [3.05, 3.63) is 83.4 Å². The molecule has 0 spiro atoms. The number of carbonyl (C=O) groups excluding carboxylic acids is 1. The second-order valence-corrected chi connectivity index (χ2v) is 6.42. The van der Waals surface area contributed by atoms with E-state index in [1.54, 1.807) is 12.1 Å². The molecule has 0 aliphatic carbocycles. The predicted octanol–water partition coefficient (Wildman–Crippen LogP) is 4.59. The molecule has 0 fully saturated rings. The lowest BCUT2D eigenvalue weighted by molar-refractivity contribution is 0.0548. The minimum Gasteiger partial charge on any atom is -0.458 e. The van der Waals surface area contributed by atoms with Crippen LogP contribution in [0.25, 0.3) is 6.08 Å². The second kappa shape index (κ2) is 11.0. The molecule has 27 heavy (non-hydrogen) atoms. The molecular weight excluding hydrogens is 338 g/mol. The number of nitrogens with zero attached hydrogens (tertiary/aromatic N) is 1. The first-order valence-corrected chi connectivity index (χ1v) is 8.96. The van der Waals surface area contributed by atoms with Gasteiger partial charge in [-0.05, 0) is 48.4 Å². The van der Waals surface area contributed by atoms with Gasteiger partial charge in [0.2, 0.25) is 0 Å². The number of carbonyl (C=O) groups is 1. The molecule has 0 heterocycles. The van der Waals surface area contributed by atoms with Crippen LogP contribution in [0.2, 0.25) is 0 Å². The van der Waals surface area contributed by atoms with Crippen LogP contribution in [-0.4, -0.2) is 39.9 Å². The van der Waals surface area contributed by atoms with Crippen molar-refractivity contribution < 1.29 is 14.3 Å². The second-order valence-electron chi connectivity index (χ2n) is 6.42. The zero-order valence-electron chi connectivity index (χ0n) is 16.2. The normalized spacial score (nSPS) is 11.6. The predicted molar refractivity (Wildman–Crippen MR) is 111 cm³/mol. The molecule has 0 saturated heterocycles. The zero-order valence-corrected chi connectivity index (χ0v) is 16.2. The Bertz CT molecular complexity index is 762. The molecule has 2 rings (SSSR count). The van der Waals surface area contributed by atoms with E-state index in [9.17, 15) is 4.79 Å². The van der Waals surface area contributed by atoms with Crippen LogP contribution in [0.5, 0.6) is 0 Å². The molecule has 0 atom stereocenters. The molecule has 0 amide bonds. The number of esters is 1. The summed E-state index contributed by atoms with van der Waals surface area (Å²) < 4.78 is 10.9. The van der Waals surface area contributed by atoms with Gasteiger partial charge in [-0.25, -0.2) is 4.79 Å². The molecule has 0 unspecified atom stereocenters. The van der Waals surface area contributed by atoms with E-state index in [0.717, 1.165) is 16.8 Å². The number of benzene rings is 2. The van der Waals surface area contributed by atoms with Crippen LogP contribution in [0, 0.1) is 0 Å². The first-order valence-electron chi connectivity index (χ1n) is 8.96. The summed E-state index contributed by atoms with van der Waals surface area (Å²) in [4.78, 5) is 14.0. The molecular formula is C23H27NO3. The zero-order chi connectivity index (χ0) is 19.5. The van der Waals surface area contributed by atoms with Gasteiger partial charge < -0.3 is 14.4 Å². The SMILES string of the molecule is C/C(=C\COC(=O)c1ccc(N(C)C)cc1)COC/C=C/c1ccccc1. The number of hydrogen-bond donors (Lipinski definition) is 0. The minimum atomic E-state index is -0.323. The van der Waals surface area contributed by atoms with Gasteiger partial charge in [-0.3, -0.25) is 0 Å². The maximum Gasteiger partial charge on any atom is 0.338 e. The third-order valence-corrected chi connectivity index (χ3v) is 3.92. The standard InChI is InChI=1S/C23H27NO3/c1-19(18-26-16-7-10-20-8-5-4-6-9-20)15-17-27-23(25)21-11-13-22(14-12-21)24(2)3/h4-15H,16-18H2,1-3H3/b10-7+,19-15+. The van der Waals surface area contributed by atoms with Crippen molar-refractivity contribution in [2.24, 2.45) is 0 Å². The van der Waals surface area contributed by atoms with Crippen molar-refractivity contribution in [2.75, 3.05) is 38.8 Å². The van der Waals surface area contributed by atoms with Gasteiger partial charge >= 0.3 is 5.97 Å². The highest BCUT2D eigenvalue weighted by molar-refractivity contribution is 5.89. The highest BCUT2D eigenvalue weighted by Crippen LogP contribution is 2.13. The van der Waals surface area contributed by atoms with Crippen LogP contribution < -0.4 is 4.90 Å². The van der Waals surface area contributed by atoms with Crippen LogP contribution in [0.15, 0.2) is 72.3 Å². The van der Waals surface area contributed by atoms with Crippen LogP contribution in [-0.2, 0) is 9.47 Å². The first-order chi connectivity index (χ1) is 13.1. The van der Waals surface area contributed by atoms with E-state index in [0.29, 0.717) is 18.8 Å². The molecule has 2 aromatic rings. The van der Waals surface area contributed by atoms with Crippen LogP contribution in [0.4, 0.5) is 5.69 Å². The maximum absolute atomic E-state index is 12.0. The van der Waals surface area contributed by atoms with Crippen LogP contribution in [0.1, 0.15) is 22.8 Å². The fourth-order valence-electron chi connectivity index (χ4n) is 2.33. The Labute approximate surface area is 161 Å². The Morgan fingerprint density at radius 3 is 2.37 bits per heavy atom. The van der Waals surface area contributed by atoms with Crippen molar-refractivity contribution in [1.82, 2.24) is 0 Å². The molecule has 2 aromatic carbocycles. The lowest BCUT2D eigenvalue weighted by Crippen LogP contribution is -2.10. The Balaban J connectivity index is 1.67. The van der Waals surface area contributed by atoms with Gasteiger partial charge in [0.05, 0.1) is 18.8 Å². The summed E-state index contributed by atoms with van der Waals surface area (Å²) >= 11 is 0. The van der Waals surface area contributed by atoms with Gasteiger partial charge in [-0.1, -0.05) is 42.5 Å². The fraction of sp³-hybridized carbons (Fsp3) is 0.261. The molecule has 0 aromatic heterocycles. The average molecular weight is 365 g/mol. The summed E-state index contributed by atoms with van der Waals surface area (Å²) in [7, 11) is 3.92. The summed E-state index contributed by atoms with van der Waals surface area (Å²) in [5, 5.41) is 0. The number of rotatable bonds is 9. The molecule has 0 N–H and O–H groups in total. The number of ether oxygens (including phenoxy) is 2. The van der Waals surface area contributed by atoms with E-state index in [-0.39, 0.29) is 12.6 Å². The Kier molecular flexibility index (Phi) is 8.33. The van der Waals surface area contributed by atoms with Crippen LogP contribution in [0.3, 0.4) is 0 Å². The molecule has 0 radical (unpaired) electrons. The maximum atomic E-state index is 12.0. The van der Waals surface area contributed by atoms with Gasteiger partial charge in [-0.2, -0.15) is 0 Å². The largest absolute Gasteiger partial charge is 0.458 e. The Hall–Kier alpha value is -2.85. The molecule has 0 bridgehead atoms. The molecule has 142 valence electrons. The summed E-state index contributed by atoms with van der Waals surface area (Å²) in [6.07, 6.45) is 5.88. The molecule has 0 saturated carbocycles. The van der Waals surface area contributed by atoms with Crippen LogP contribution >= 0.6 is 0 Å². The van der Waals surface area contributed by atoms with E-state index >= 15 is 0 Å². The first kappa shape index (κ1) is 20.5. The topological polar surface area (TPSA) is 38.8 Å². The molecule has 4 heteroatoms. The Morgan fingerprint density at radius 2 is 1.70 bits per heavy atom. The van der Waals surface area contributed by atoms with E-state index in [1.165, 1.54) is 0 Å². The quantitative estimate of drug-likeness (QED) is 0.370. The highest BCUT2D eigenvalue weighted by atomic mass is 16.5. The summed E-state index contributed by atoms with van der Waals surface area (Å²) in [5.41, 5.74) is 3.77. The average Bonchev–Trinajstić information content (AvgIpc) is 2.68. The lowest BCUT2D eigenvalue weighted by atomic mass is 10.2. The van der Waals surface area contributed by atoms with Crippen molar-refractivity contribution in [3.8, 4) is 0 Å². The van der Waals surface area contributed by atoms with Crippen molar-refractivity contribution in [2.45, 2.75) is 6.92 Å².